The van der Waals surface area contributed by atoms with Gasteiger partial charge in [-0.3, -0.25) is 4.79 Å². The summed E-state index contributed by atoms with van der Waals surface area (Å²) >= 11 is 0. The Kier molecular flexibility index (Phi) is 7.39. The van der Waals surface area contributed by atoms with Crippen LogP contribution in [0, 0.1) is 0 Å². The van der Waals surface area contributed by atoms with Crippen LogP contribution in [0.15, 0.2) is 48.5 Å². The molecule has 0 aliphatic carbocycles. The highest BCUT2D eigenvalue weighted by atomic mass is 16.5. The molecule has 1 heterocycles. The zero-order valence-corrected chi connectivity index (χ0v) is 17.9. The standard InChI is InChI=1S/C24H33N3O2/c1-4-5-15-25(2)21-9-7-20(8-10-21)24(28)27-17-6-16-26(18-19-27)22-11-13-23(29-3)14-12-22/h7-14H,4-6,15-19H2,1-3H3. The van der Waals surface area contributed by atoms with Gasteiger partial charge in [-0.15, -0.1) is 0 Å². The first kappa shape index (κ1) is 21.0. The minimum absolute atomic E-state index is 0.129. The molecule has 2 aromatic carbocycles. The van der Waals surface area contributed by atoms with Crippen LogP contribution < -0.4 is 14.5 Å². The summed E-state index contributed by atoms with van der Waals surface area (Å²) in [6.07, 6.45) is 3.33. The van der Waals surface area contributed by atoms with Gasteiger partial charge in [0.05, 0.1) is 7.11 Å². The van der Waals surface area contributed by atoms with Gasteiger partial charge in [-0.25, -0.2) is 0 Å². The highest BCUT2D eigenvalue weighted by Crippen LogP contribution is 2.21. The van der Waals surface area contributed by atoms with Gasteiger partial charge in [0.2, 0.25) is 0 Å². The van der Waals surface area contributed by atoms with Gasteiger partial charge < -0.3 is 19.4 Å². The van der Waals surface area contributed by atoms with Crippen LogP contribution in [0.3, 0.4) is 0 Å². The smallest absolute Gasteiger partial charge is 0.253 e. The average Bonchev–Trinajstić information content (AvgIpc) is 3.03. The minimum Gasteiger partial charge on any atom is -0.497 e. The van der Waals surface area contributed by atoms with E-state index in [0.717, 1.165) is 56.1 Å². The van der Waals surface area contributed by atoms with Gasteiger partial charge in [0.25, 0.3) is 5.91 Å². The van der Waals surface area contributed by atoms with Gasteiger partial charge in [-0.2, -0.15) is 0 Å². The summed E-state index contributed by atoms with van der Waals surface area (Å²) in [4.78, 5) is 19.6. The number of amides is 1. The lowest BCUT2D eigenvalue weighted by Crippen LogP contribution is -2.35. The summed E-state index contributed by atoms with van der Waals surface area (Å²) in [6.45, 7) is 6.57. The molecule has 2 aromatic rings. The van der Waals surface area contributed by atoms with Crippen LogP contribution in [0.1, 0.15) is 36.5 Å². The first-order valence-corrected chi connectivity index (χ1v) is 10.6. The number of unbranched alkanes of at least 4 members (excludes halogenated alkanes) is 1. The van der Waals surface area contributed by atoms with Crippen molar-refractivity contribution in [3.05, 3.63) is 54.1 Å². The molecule has 0 N–H and O–H groups in total. The Bertz CT molecular complexity index is 774. The lowest BCUT2D eigenvalue weighted by Gasteiger charge is -2.24. The maximum absolute atomic E-state index is 13.0. The van der Waals surface area contributed by atoms with Crippen molar-refractivity contribution in [2.75, 3.05) is 56.7 Å². The van der Waals surface area contributed by atoms with E-state index < -0.39 is 0 Å². The van der Waals surface area contributed by atoms with Crippen LogP contribution in [0.25, 0.3) is 0 Å². The van der Waals surface area contributed by atoms with E-state index in [1.54, 1.807) is 7.11 Å². The summed E-state index contributed by atoms with van der Waals surface area (Å²) in [5.74, 6) is 0.994. The number of rotatable bonds is 7. The molecular weight excluding hydrogens is 362 g/mol. The fourth-order valence-corrected chi connectivity index (χ4v) is 3.74. The predicted molar refractivity (Wildman–Crippen MR) is 120 cm³/mol. The average molecular weight is 396 g/mol. The normalized spacial score (nSPS) is 14.4. The Labute approximate surface area is 174 Å². The fraction of sp³-hybridized carbons (Fsp3) is 0.458. The van der Waals surface area contributed by atoms with E-state index in [9.17, 15) is 4.79 Å². The quantitative estimate of drug-likeness (QED) is 0.701. The molecule has 29 heavy (non-hydrogen) atoms. The molecule has 0 bridgehead atoms. The van der Waals surface area contributed by atoms with Gasteiger partial charge in [0.15, 0.2) is 0 Å². The number of benzene rings is 2. The first-order chi connectivity index (χ1) is 14.1. The van der Waals surface area contributed by atoms with Gasteiger partial charge in [-0.1, -0.05) is 13.3 Å². The maximum Gasteiger partial charge on any atom is 0.253 e. The van der Waals surface area contributed by atoms with Crippen molar-refractivity contribution < 1.29 is 9.53 Å². The largest absolute Gasteiger partial charge is 0.497 e. The van der Waals surface area contributed by atoms with Crippen LogP contribution >= 0.6 is 0 Å². The van der Waals surface area contributed by atoms with E-state index >= 15 is 0 Å². The van der Waals surface area contributed by atoms with E-state index in [4.69, 9.17) is 4.74 Å². The minimum atomic E-state index is 0.129. The Morgan fingerprint density at radius 1 is 1.00 bits per heavy atom. The zero-order chi connectivity index (χ0) is 20.6. The predicted octanol–water partition coefficient (Wildman–Crippen LogP) is 4.28. The van der Waals surface area contributed by atoms with Crippen LogP contribution in [0.4, 0.5) is 11.4 Å². The molecule has 0 radical (unpaired) electrons. The van der Waals surface area contributed by atoms with Gasteiger partial charge in [0.1, 0.15) is 5.75 Å². The number of hydrogen-bond donors (Lipinski definition) is 0. The third-order valence-corrected chi connectivity index (χ3v) is 5.62. The first-order valence-electron chi connectivity index (χ1n) is 10.6. The van der Waals surface area contributed by atoms with Gasteiger partial charge >= 0.3 is 0 Å². The number of hydrogen-bond acceptors (Lipinski definition) is 4. The summed E-state index contributed by atoms with van der Waals surface area (Å²) in [6, 6.07) is 16.2. The molecule has 0 saturated carbocycles. The van der Waals surface area contributed by atoms with Crippen LogP contribution in [-0.2, 0) is 0 Å². The third kappa shape index (κ3) is 5.43. The lowest BCUT2D eigenvalue weighted by atomic mass is 10.1. The molecule has 3 rings (SSSR count). The maximum atomic E-state index is 13.0. The molecule has 1 amide bonds. The van der Waals surface area contributed by atoms with E-state index in [-0.39, 0.29) is 5.91 Å². The third-order valence-electron chi connectivity index (χ3n) is 5.62. The van der Waals surface area contributed by atoms with Crippen molar-refractivity contribution in [1.82, 2.24) is 4.90 Å². The molecule has 0 aromatic heterocycles. The summed E-state index contributed by atoms with van der Waals surface area (Å²) < 4.78 is 5.25. The number of carbonyl (C=O) groups is 1. The van der Waals surface area contributed by atoms with Crippen molar-refractivity contribution in [3.63, 3.8) is 0 Å². The summed E-state index contributed by atoms with van der Waals surface area (Å²) in [5.41, 5.74) is 3.12. The van der Waals surface area contributed by atoms with E-state index in [1.165, 1.54) is 18.5 Å². The molecule has 1 aliphatic heterocycles. The fourth-order valence-electron chi connectivity index (χ4n) is 3.74. The Hall–Kier alpha value is -2.69. The Morgan fingerprint density at radius 2 is 1.72 bits per heavy atom. The number of anilines is 2. The number of methoxy groups -OCH3 is 1. The van der Waals surface area contributed by atoms with E-state index in [0.29, 0.717) is 0 Å². The molecule has 1 saturated heterocycles. The van der Waals surface area contributed by atoms with Crippen LogP contribution in [0.2, 0.25) is 0 Å². The van der Waals surface area contributed by atoms with Crippen LogP contribution in [0.5, 0.6) is 5.75 Å². The van der Waals surface area contributed by atoms with Crippen molar-refractivity contribution in [1.29, 1.82) is 0 Å². The van der Waals surface area contributed by atoms with Crippen LogP contribution in [-0.4, -0.2) is 57.7 Å². The van der Waals surface area contributed by atoms with E-state index in [1.807, 2.05) is 29.2 Å². The lowest BCUT2D eigenvalue weighted by molar-refractivity contribution is 0.0767. The summed E-state index contributed by atoms with van der Waals surface area (Å²) in [5, 5.41) is 0. The van der Waals surface area contributed by atoms with Crippen molar-refractivity contribution in [2.24, 2.45) is 0 Å². The van der Waals surface area contributed by atoms with Gasteiger partial charge in [0, 0.05) is 56.7 Å². The number of nitrogens with zero attached hydrogens (tertiary/aromatic N) is 3. The Balaban J connectivity index is 1.60. The molecule has 1 fully saturated rings. The van der Waals surface area contributed by atoms with Gasteiger partial charge in [-0.05, 0) is 61.4 Å². The molecule has 156 valence electrons. The molecule has 0 atom stereocenters. The van der Waals surface area contributed by atoms with Crippen molar-refractivity contribution >= 4 is 17.3 Å². The highest BCUT2D eigenvalue weighted by molar-refractivity contribution is 5.94. The summed E-state index contributed by atoms with van der Waals surface area (Å²) in [7, 11) is 3.79. The molecule has 0 unspecified atom stereocenters. The second kappa shape index (κ2) is 10.2. The molecular formula is C24H33N3O2. The topological polar surface area (TPSA) is 36.0 Å². The van der Waals surface area contributed by atoms with E-state index in [2.05, 4.69) is 48.0 Å². The number of carbonyl (C=O) groups excluding carboxylic acids is 1. The molecule has 1 aliphatic rings. The molecule has 5 nitrogen and oxygen atoms in total. The highest BCUT2D eigenvalue weighted by Gasteiger charge is 2.20. The van der Waals surface area contributed by atoms with Crippen molar-refractivity contribution in [2.45, 2.75) is 26.2 Å². The second-order valence-corrected chi connectivity index (χ2v) is 7.65. The molecule has 5 heteroatoms. The van der Waals surface area contributed by atoms with Crippen molar-refractivity contribution in [3.8, 4) is 5.75 Å². The second-order valence-electron chi connectivity index (χ2n) is 7.65. The zero-order valence-electron chi connectivity index (χ0n) is 17.9. The monoisotopic (exact) mass is 395 g/mol. The SMILES string of the molecule is CCCCN(C)c1ccc(C(=O)N2CCCN(c3ccc(OC)cc3)CC2)cc1. The number of ether oxygens (including phenoxy) is 1. The Morgan fingerprint density at radius 3 is 2.38 bits per heavy atom. The molecule has 0 spiro atoms.